The van der Waals surface area contributed by atoms with Gasteiger partial charge in [0.25, 0.3) is 0 Å². The molecule has 21 heavy (non-hydrogen) atoms. The molecular formula is C15H21N5S. The summed E-state index contributed by atoms with van der Waals surface area (Å²) in [6.45, 7) is 0. The van der Waals surface area contributed by atoms with E-state index in [2.05, 4.69) is 33.0 Å². The number of fused-ring (bicyclic) bond motifs is 1. The minimum atomic E-state index is 0.452. The van der Waals surface area contributed by atoms with Crippen LogP contribution in [0, 0.1) is 0 Å². The van der Waals surface area contributed by atoms with E-state index < -0.39 is 0 Å². The van der Waals surface area contributed by atoms with Crippen molar-refractivity contribution in [3.63, 3.8) is 0 Å². The average molecular weight is 303 g/mol. The molecule has 1 aromatic carbocycles. The van der Waals surface area contributed by atoms with Crippen LogP contribution in [-0.2, 0) is 0 Å². The third-order valence-corrected chi connectivity index (χ3v) is 5.23. The summed E-state index contributed by atoms with van der Waals surface area (Å²) in [5.74, 6) is 6.82. The number of benzene rings is 1. The summed E-state index contributed by atoms with van der Waals surface area (Å²) in [6, 6.07) is 8.48. The van der Waals surface area contributed by atoms with E-state index in [0.29, 0.717) is 17.2 Å². The molecular weight excluding hydrogens is 282 g/mol. The van der Waals surface area contributed by atoms with Gasteiger partial charge < -0.3 is 5.32 Å². The molecule has 2 aromatic rings. The lowest BCUT2D eigenvalue weighted by molar-refractivity contribution is 0.474. The zero-order chi connectivity index (χ0) is 14.7. The van der Waals surface area contributed by atoms with Crippen molar-refractivity contribution in [2.75, 3.05) is 17.0 Å². The van der Waals surface area contributed by atoms with Gasteiger partial charge in [-0.3, -0.25) is 5.43 Å². The third kappa shape index (κ3) is 3.06. The van der Waals surface area contributed by atoms with Crippen LogP contribution in [0.2, 0.25) is 0 Å². The van der Waals surface area contributed by atoms with Gasteiger partial charge in [0.1, 0.15) is 5.82 Å². The summed E-state index contributed by atoms with van der Waals surface area (Å²) in [6.07, 6.45) is 7.25. The molecule has 1 aromatic heterocycles. The van der Waals surface area contributed by atoms with Crippen molar-refractivity contribution in [2.24, 2.45) is 5.84 Å². The predicted molar refractivity (Wildman–Crippen MR) is 90.5 cm³/mol. The Bertz CT molecular complexity index is 618. The minimum absolute atomic E-state index is 0.452. The topological polar surface area (TPSA) is 75.9 Å². The fourth-order valence-electron chi connectivity index (χ4n) is 2.97. The van der Waals surface area contributed by atoms with Crippen molar-refractivity contribution in [1.29, 1.82) is 0 Å². The molecule has 3 rings (SSSR count). The summed E-state index contributed by atoms with van der Waals surface area (Å²) in [5.41, 5.74) is 3.46. The maximum absolute atomic E-state index is 5.49. The lowest BCUT2D eigenvalue weighted by Crippen LogP contribution is -2.34. The second-order valence-corrected chi connectivity index (χ2v) is 6.44. The van der Waals surface area contributed by atoms with Crippen molar-refractivity contribution in [2.45, 2.75) is 37.0 Å². The van der Waals surface area contributed by atoms with Crippen molar-refractivity contribution in [1.82, 2.24) is 9.97 Å². The third-order valence-electron chi connectivity index (χ3n) is 4.06. The number of hydrazine groups is 1. The number of hydrogen-bond acceptors (Lipinski definition) is 6. The van der Waals surface area contributed by atoms with Gasteiger partial charge in [-0.1, -0.05) is 25.0 Å². The number of anilines is 2. The van der Waals surface area contributed by atoms with Crippen LogP contribution in [-0.4, -0.2) is 27.5 Å². The lowest BCUT2D eigenvalue weighted by Gasteiger charge is -2.31. The summed E-state index contributed by atoms with van der Waals surface area (Å²) < 4.78 is 0. The number of nitrogen functional groups attached to an aromatic ring is 1. The smallest absolute Gasteiger partial charge is 0.239 e. The van der Waals surface area contributed by atoms with Gasteiger partial charge in [0, 0.05) is 16.7 Å². The van der Waals surface area contributed by atoms with Crippen molar-refractivity contribution >= 4 is 34.4 Å². The van der Waals surface area contributed by atoms with Crippen LogP contribution < -0.4 is 16.6 Å². The van der Waals surface area contributed by atoms with Gasteiger partial charge in [0.05, 0.1) is 5.52 Å². The van der Waals surface area contributed by atoms with Gasteiger partial charge in [-0.25, -0.2) is 10.8 Å². The Hall–Kier alpha value is -1.53. The minimum Gasteiger partial charge on any atom is -0.366 e. The Balaban J connectivity index is 1.95. The second-order valence-electron chi connectivity index (χ2n) is 5.37. The average Bonchev–Trinajstić information content (AvgIpc) is 2.55. The Labute approximate surface area is 129 Å². The molecule has 0 spiro atoms. The highest BCUT2D eigenvalue weighted by Crippen LogP contribution is 2.31. The molecule has 0 aliphatic heterocycles. The second kappa shape index (κ2) is 6.49. The number of nitrogens with two attached hydrogens (primary N) is 1. The van der Waals surface area contributed by atoms with E-state index in [0.717, 1.165) is 16.7 Å². The number of thioether (sulfide) groups is 1. The number of aromatic nitrogens is 2. The number of rotatable bonds is 4. The molecule has 0 radical (unpaired) electrons. The van der Waals surface area contributed by atoms with Gasteiger partial charge in [-0.05, 0) is 31.2 Å². The molecule has 6 heteroatoms. The van der Waals surface area contributed by atoms with E-state index >= 15 is 0 Å². The summed E-state index contributed by atoms with van der Waals surface area (Å²) in [7, 11) is 0. The van der Waals surface area contributed by atoms with E-state index in [9.17, 15) is 0 Å². The zero-order valence-electron chi connectivity index (χ0n) is 12.2. The molecule has 112 valence electrons. The molecule has 4 N–H and O–H groups in total. The lowest BCUT2D eigenvalue weighted by atomic mass is 9.95. The fourth-order valence-corrected chi connectivity index (χ4v) is 3.91. The molecule has 1 fully saturated rings. The van der Waals surface area contributed by atoms with E-state index in [1.165, 1.54) is 25.7 Å². The molecule has 1 saturated carbocycles. The van der Waals surface area contributed by atoms with Gasteiger partial charge in [-0.2, -0.15) is 16.7 Å². The number of nitrogens with one attached hydrogen (secondary N) is 2. The summed E-state index contributed by atoms with van der Waals surface area (Å²) >= 11 is 1.94. The maximum atomic E-state index is 5.49. The molecule has 2 atom stereocenters. The first-order chi connectivity index (χ1) is 10.3. The molecule has 0 saturated heterocycles. The monoisotopic (exact) mass is 303 g/mol. The quantitative estimate of drug-likeness (QED) is 0.595. The van der Waals surface area contributed by atoms with E-state index in [-0.39, 0.29) is 0 Å². The van der Waals surface area contributed by atoms with Crippen LogP contribution in [0.15, 0.2) is 24.3 Å². The van der Waals surface area contributed by atoms with Crippen molar-refractivity contribution in [3.05, 3.63) is 24.3 Å². The van der Waals surface area contributed by atoms with Crippen LogP contribution in [0.3, 0.4) is 0 Å². The highest BCUT2D eigenvalue weighted by molar-refractivity contribution is 7.99. The molecule has 5 nitrogen and oxygen atoms in total. The SMILES string of the molecule is CSC1CCCCC1Nc1nc(NN)nc2ccccc12. The van der Waals surface area contributed by atoms with Crippen molar-refractivity contribution in [3.8, 4) is 0 Å². The van der Waals surface area contributed by atoms with Crippen LogP contribution in [0.1, 0.15) is 25.7 Å². The van der Waals surface area contributed by atoms with Gasteiger partial charge in [0.2, 0.25) is 5.95 Å². The summed E-state index contributed by atoms with van der Waals surface area (Å²) in [4.78, 5) is 8.91. The number of hydrogen-bond donors (Lipinski definition) is 3. The highest BCUT2D eigenvalue weighted by atomic mass is 32.2. The van der Waals surface area contributed by atoms with Gasteiger partial charge >= 0.3 is 0 Å². The van der Waals surface area contributed by atoms with E-state index in [1.807, 2.05) is 30.0 Å². The Kier molecular flexibility index (Phi) is 4.45. The Morgan fingerprint density at radius 1 is 1.19 bits per heavy atom. The first kappa shape index (κ1) is 14.4. The molecule has 0 amide bonds. The molecule has 1 aliphatic carbocycles. The molecule has 0 bridgehead atoms. The zero-order valence-corrected chi connectivity index (χ0v) is 13.0. The van der Waals surface area contributed by atoms with Crippen molar-refractivity contribution < 1.29 is 0 Å². The van der Waals surface area contributed by atoms with Crippen LogP contribution in [0.25, 0.3) is 10.9 Å². The molecule has 1 aliphatic rings. The van der Waals surface area contributed by atoms with Crippen LogP contribution in [0.4, 0.5) is 11.8 Å². The molecule has 2 unspecified atom stereocenters. The van der Waals surface area contributed by atoms with E-state index in [4.69, 9.17) is 5.84 Å². The first-order valence-electron chi connectivity index (χ1n) is 7.34. The first-order valence-corrected chi connectivity index (χ1v) is 8.63. The summed E-state index contributed by atoms with van der Waals surface area (Å²) in [5, 5.41) is 5.32. The van der Waals surface area contributed by atoms with Gasteiger partial charge in [0.15, 0.2) is 0 Å². The fraction of sp³-hybridized carbons (Fsp3) is 0.467. The van der Waals surface area contributed by atoms with Crippen LogP contribution >= 0.6 is 11.8 Å². The maximum Gasteiger partial charge on any atom is 0.239 e. The Morgan fingerprint density at radius 3 is 2.81 bits per heavy atom. The Morgan fingerprint density at radius 2 is 2.00 bits per heavy atom. The van der Waals surface area contributed by atoms with E-state index in [1.54, 1.807) is 0 Å². The van der Waals surface area contributed by atoms with Crippen LogP contribution in [0.5, 0.6) is 0 Å². The molecule has 1 heterocycles. The number of nitrogens with zero attached hydrogens (tertiary/aromatic N) is 2. The predicted octanol–water partition coefficient (Wildman–Crippen LogP) is 3.00. The largest absolute Gasteiger partial charge is 0.366 e. The number of para-hydroxylation sites is 1. The highest BCUT2D eigenvalue weighted by Gasteiger charge is 2.25. The standard InChI is InChI=1S/C15H21N5S/c1-21-13-9-5-4-8-12(13)17-14-10-6-2-3-7-11(10)18-15(19-14)20-16/h2-3,6-7,12-13H,4-5,8-9,16H2,1H3,(H2,17,18,19,20). The van der Waals surface area contributed by atoms with Gasteiger partial charge in [-0.15, -0.1) is 0 Å². The normalized spacial score (nSPS) is 22.2.